The molecule has 5 heteroatoms. The molecule has 1 unspecified atom stereocenters. The van der Waals surface area contributed by atoms with E-state index in [1.807, 2.05) is 41.0 Å². The van der Waals surface area contributed by atoms with Gasteiger partial charge in [-0.05, 0) is 37.8 Å². The molecule has 5 nitrogen and oxygen atoms in total. The lowest BCUT2D eigenvalue weighted by molar-refractivity contribution is -0.132. The Hall–Kier alpha value is -1.88. The molecule has 2 aliphatic heterocycles. The lowest BCUT2D eigenvalue weighted by Gasteiger charge is -2.37. The summed E-state index contributed by atoms with van der Waals surface area (Å²) in [4.78, 5) is 31.5. The van der Waals surface area contributed by atoms with Crippen molar-refractivity contribution in [1.29, 1.82) is 0 Å². The highest BCUT2D eigenvalue weighted by Crippen LogP contribution is 2.20. The van der Waals surface area contributed by atoms with Crippen molar-refractivity contribution >= 4 is 11.8 Å². The van der Waals surface area contributed by atoms with Crippen LogP contribution < -0.4 is 0 Å². The molecule has 0 aliphatic carbocycles. The first-order valence-electron chi connectivity index (χ1n) is 9.84. The van der Waals surface area contributed by atoms with Crippen molar-refractivity contribution in [3.8, 4) is 0 Å². The van der Waals surface area contributed by atoms with E-state index in [1.54, 1.807) is 0 Å². The van der Waals surface area contributed by atoms with Crippen LogP contribution in [0.25, 0.3) is 0 Å². The fourth-order valence-electron chi connectivity index (χ4n) is 3.81. The maximum atomic E-state index is 12.7. The summed E-state index contributed by atoms with van der Waals surface area (Å²) in [7, 11) is 0. The zero-order chi connectivity index (χ0) is 18.7. The third-order valence-corrected chi connectivity index (χ3v) is 5.59. The molecule has 26 heavy (non-hydrogen) atoms. The fourth-order valence-corrected chi connectivity index (χ4v) is 3.81. The number of aryl methyl sites for hydroxylation is 1. The maximum Gasteiger partial charge on any atom is 0.253 e. The summed E-state index contributed by atoms with van der Waals surface area (Å²) in [5.41, 5.74) is 1.91. The second kappa shape index (κ2) is 8.21. The zero-order valence-electron chi connectivity index (χ0n) is 16.3. The van der Waals surface area contributed by atoms with Gasteiger partial charge in [-0.15, -0.1) is 0 Å². The molecule has 0 saturated carbocycles. The van der Waals surface area contributed by atoms with Crippen molar-refractivity contribution in [3.05, 3.63) is 35.4 Å². The molecule has 1 aromatic carbocycles. The largest absolute Gasteiger partial charge is 0.341 e. The Kier molecular flexibility index (Phi) is 5.97. The molecule has 0 bridgehead atoms. The maximum absolute atomic E-state index is 12.7. The van der Waals surface area contributed by atoms with Crippen molar-refractivity contribution in [1.82, 2.24) is 14.7 Å². The molecule has 3 rings (SSSR count). The van der Waals surface area contributed by atoms with Crippen molar-refractivity contribution in [2.75, 3.05) is 39.3 Å². The molecule has 1 atom stereocenters. The number of hydrogen-bond acceptors (Lipinski definition) is 3. The third kappa shape index (κ3) is 4.26. The Balaban J connectivity index is 1.51. The van der Waals surface area contributed by atoms with Crippen molar-refractivity contribution in [2.24, 2.45) is 5.92 Å². The molecule has 1 aromatic rings. The Bertz CT molecular complexity index is 633. The van der Waals surface area contributed by atoms with Gasteiger partial charge in [-0.3, -0.25) is 14.5 Å². The van der Waals surface area contributed by atoms with Gasteiger partial charge >= 0.3 is 0 Å². The molecule has 0 radical (unpaired) electrons. The van der Waals surface area contributed by atoms with Gasteiger partial charge in [0.15, 0.2) is 0 Å². The second-order valence-electron chi connectivity index (χ2n) is 8.01. The first-order chi connectivity index (χ1) is 12.5. The van der Waals surface area contributed by atoms with Crippen LogP contribution in [-0.2, 0) is 4.79 Å². The Morgan fingerprint density at radius 2 is 1.73 bits per heavy atom. The minimum absolute atomic E-state index is 0.0128. The lowest BCUT2D eigenvalue weighted by Crippen LogP contribution is -2.53. The van der Waals surface area contributed by atoms with Crippen LogP contribution in [0.1, 0.15) is 42.6 Å². The minimum atomic E-state index is 0.0128. The molecule has 0 N–H and O–H groups in total. The summed E-state index contributed by atoms with van der Waals surface area (Å²) in [6, 6.07) is 7.77. The van der Waals surface area contributed by atoms with E-state index in [0.717, 1.165) is 50.1 Å². The van der Waals surface area contributed by atoms with Crippen molar-refractivity contribution < 1.29 is 9.59 Å². The van der Waals surface area contributed by atoms with Crippen LogP contribution in [0, 0.1) is 12.8 Å². The Morgan fingerprint density at radius 1 is 1.08 bits per heavy atom. The highest BCUT2D eigenvalue weighted by molar-refractivity contribution is 5.94. The third-order valence-electron chi connectivity index (χ3n) is 5.59. The summed E-state index contributed by atoms with van der Waals surface area (Å²) in [5, 5.41) is 0. The van der Waals surface area contributed by atoms with Crippen molar-refractivity contribution in [2.45, 2.75) is 39.7 Å². The van der Waals surface area contributed by atoms with Gasteiger partial charge in [0, 0.05) is 44.8 Å². The van der Waals surface area contributed by atoms with Crippen LogP contribution in [0.15, 0.2) is 24.3 Å². The first-order valence-corrected chi connectivity index (χ1v) is 9.84. The summed E-state index contributed by atoms with van der Waals surface area (Å²) in [6.45, 7) is 11.1. The van der Waals surface area contributed by atoms with Crippen LogP contribution >= 0.6 is 0 Å². The van der Waals surface area contributed by atoms with E-state index in [-0.39, 0.29) is 17.9 Å². The normalized spacial score (nSPS) is 21.7. The number of nitrogens with zero attached hydrogens (tertiary/aromatic N) is 3. The standard InChI is InChI=1S/C21H31N3O2/c1-16(2)8-10-23-11-9-19(21(23)26)22-12-14-24(15-13-22)20(25)18-6-4-17(3)5-7-18/h4-7,16,19H,8-15H2,1-3H3. The molecule has 2 heterocycles. The van der Waals surface area contributed by atoms with Crippen LogP contribution in [0.3, 0.4) is 0 Å². The van der Waals surface area contributed by atoms with Crippen molar-refractivity contribution in [3.63, 3.8) is 0 Å². The molecule has 2 amide bonds. The lowest BCUT2D eigenvalue weighted by atomic mass is 10.1. The number of carbonyl (C=O) groups is 2. The van der Waals surface area contributed by atoms with E-state index in [2.05, 4.69) is 18.7 Å². The second-order valence-corrected chi connectivity index (χ2v) is 8.01. The molecular weight excluding hydrogens is 326 g/mol. The topological polar surface area (TPSA) is 43.9 Å². The monoisotopic (exact) mass is 357 g/mol. The van der Waals surface area contributed by atoms with Crippen LogP contribution in [0.5, 0.6) is 0 Å². The van der Waals surface area contributed by atoms with Gasteiger partial charge in [0.1, 0.15) is 0 Å². The molecule has 0 spiro atoms. The summed E-state index contributed by atoms with van der Waals surface area (Å²) in [5.74, 6) is 1.00. The van der Waals surface area contributed by atoms with E-state index in [0.29, 0.717) is 19.0 Å². The predicted molar refractivity (Wildman–Crippen MR) is 103 cm³/mol. The van der Waals surface area contributed by atoms with E-state index < -0.39 is 0 Å². The van der Waals surface area contributed by atoms with E-state index in [1.165, 1.54) is 0 Å². The first kappa shape index (κ1) is 18.9. The predicted octanol–water partition coefficient (Wildman–Crippen LogP) is 2.40. The van der Waals surface area contributed by atoms with Crippen LogP contribution in [0.4, 0.5) is 0 Å². The van der Waals surface area contributed by atoms with Crippen LogP contribution in [-0.4, -0.2) is 71.8 Å². The summed E-state index contributed by atoms with van der Waals surface area (Å²) < 4.78 is 0. The Morgan fingerprint density at radius 3 is 2.35 bits per heavy atom. The SMILES string of the molecule is Cc1ccc(C(=O)N2CCN(C3CCN(CCC(C)C)C3=O)CC2)cc1. The van der Waals surface area contributed by atoms with Gasteiger partial charge in [-0.25, -0.2) is 0 Å². The number of rotatable bonds is 5. The fraction of sp³-hybridized carbons (Fsp3) is 0.619. The van der Waals surface area contributed by atoms with Crippen LogP contribution in [0.2, 0.25) is 0 Å². The highest BCUT2D eigenvalue weighted by atomic mass is 16.2. The molecule has 142 valence electrons. The number of hydrogen-bond donors (Lipinski definition) is 0. The quantitative estimate of drug-likeness (QED) is 0.813. The van der Waals surface area contributed by atoms with E-state index in [9.17, 15) is 9.59 Å². The average molecular weight is 357 g/mol. The van der Waals surface area contributed by atoms with E-state index >= 15 is 0 Å². The van der Waals surface area contributed by atoms with Gasteiger partial charge < -0.3 is 9.80 Å². The number of carbonyl (C=O) groups excluding carboxylic acids is 2. The average Bonchev–Trinajstić information content (AvgIpc) is 3.01. The summed E-state index contributed by atoms with van der Waals surface area (Å²) in [6.07, 6.45) is 1.99. The minimum Gasteiger partial charge on any atom is -0.341 e. The van der Waals surface area contributed by atoms with Gasteiger partial charge in [0.2, 0.25) is 5.91 Å². The summed E-state index contributed by atoms with van der Waals surface area (Å²) >= 11 is 0. The van der Waals surface area contributed by atoms with Gasteiger partial charge in [-0.1, -0.05) is 31.5 Å². The molecule has 2 aliphatic rings. The Labute approximate surface area is 156 Å². The molecular formula is C21H31N3O2. The number of benzene rings is 1. The number of likely N-dealkylation sites (tertiary alicyclic amines) is 1. The van der Waals surface area contributed by atoms with Gasteiger partial charge in [-0.2, -0.15) is 0 Å². The smallest absolute Gasteiger partial charge is 0.253 e. The number of amides is 2. The van der Waals surface area contributed by atoms with Gasteiger partial charge in [0.05, 0.1) is 6.04 Å². The molecule has 2 saturated heterocycles. The zero-order valence-corrected chi connectivity index (χ0v) is 16.3. The molecule has 0 aromatic heterocycles. The highest BCUT2D eigenvalue weighted by Gasteiger charge is 2.37. The number of piperazine rings is 1. The molecule has 2 fully saturated rings. The van der Waals surface area contributed by atoms with Gasteiger partial charge in [0.25, 0.3) is 5.91 Å². The van der Waals surface area contributed by atoms with E-state index in [4.69, 9.17) is 0 Å².